The van der Waals surface area contributed by atoms with Crippen molar-refractivity contribution in [1.82, 2.24) is 10.2 Å². The highest BCUT2D eigenvalue weighted by molar-refractivity contribution is 5.78. The van der Waals surface area contributed by atoms with Crippen LogP contribution in [0.2, 0.25) is 0 Å². The lowest BCUT2D eigenvalue weighted by atomic mass is 10.2. The third-order valence-corrected chi connectivity index (χ3v) is 2.87. The molecular weight excluding hydrogens is 256 g/mol. The summed E-state index contributed by atoms with van der Waals surface area (Å²) in [5.74, 6) is 0.833. The Hall–Kier alpha value is -1.59. The Kier molecular flexibility index (Phi) is 7.04. The highest BCUT2D eigenvalue weighted by Gasteiger charge is 2.11. The summed E-state index contributed by atoms with van der Waals surface area (Å²) in [6, 6.07) is 7.84. The molecule has 20 heavy (non-hydrogen) atoms. The molecule has 5 heteroatoms. The summed E-state index contributed by atoms with van der Waals surface area (Å²) in [6.45, 7) is 3.44. The molecule has 0 fully saturated rings. The van der Waals surface area contributed by atoms with Crippen molar-refractivity contribution in [1.29, 1.82) is 0 Å². The van der Waals surface area contributed by atoms with Crippen molar-refractivity contribution in [2.24, 2.45) is 0 Å². The molecule has 0 spiro atoms. The van der Waals surface area contributed by atoms with Gasteiger partial charge in [0.05, 0.1) is 20.3 Å². The topological polar surface area (TPSA) is 50.8 Å². The van der Waals surface area contributed by atoms with Crippen LogP contribution in [-0.4, -0.2) is 51.3 Å². The van der Waals surface area contributed by atoms with Gasteiger partial charge in [0, 0.05) is 25.3 Å². The molecule has 0 aromatic heterocycles. The van der Waals surface area contributed by atoms with Crippen LogP contribution in [0.4, 0.5) is 0 Å². The molecular formula is C15H24N2O3. The molecule has 1 rings (SSSR count). The first-order valence-corrected chi connectivity index (χ1v) is 6.65. The zero-order valence-electron chi connectivity index (χ0n) is 12.7. The molecule has 5 nitrogen and oxygen atoms in total. The lowest BCUT2D eigenvalue weighted by molar-refractivity contribution is -0.123. The third kappa shape index (κ3) is 5.59. The number of likely N-dealkylation sites (N-methyl/N-ethyl adjacent to an activating group) is 1. The van der Waals surface area contributed by atoms with E-state index in [0.717, 1.165) is 11.3 Å². The number of hydrogen-bond acceptors (Lipinski definition) is 4. The summed E-state index contributed by atoms with van der Waals surface area (Å²) in [7, 11) is 5.18. The van der Waals surface area contributed by atoms with Gasteiger partial charge in [-0.25, -0.2) is 0 Å². The molecule has 0 bridgehead atoms. The normalized spacial score (nSPS) is 12.2. The van der Waals surface area contributed by atoms with E-state index in [2.05, 4.69) is 5.32 Å². The summed E-state index contributed by atoms with van der Waals surface area (Å²) in [5, 5.41) is 2.89. The molecule has 0 heterocycles. The van der Waals surface area contributed by atoms with Crippen LogP contribution in [0.5, 0.6) is 5.75 Å². The van der Waals surface area contributed by atoms with E-state index in [9.17, 15) is 4.79 Å². The van der Waals surface area contributed by atoms with Gasteiger partial charge >= 0.3 is 0 Å². The lowest BCUT2D eigenvalue weighted by Crippen LogP contribution is -2.41. The van der Waals surface area contributed by atoms with E-state index >= 15 is 0 Å². The third-order valence-electron chi connectivity index (χ3n) is 2.87. The van der Waals surface area contributed by atoms with Crippen molar-refractivity contribution in [3.05, 3.63) is 29.8 Å². The van der Waals surface area contributed by atoms with Crippen LogP contribution in [0.25, 0.3) is 0 Å². The van der Waals surface area contributed by atoms with E-state index in [1.165, 1.54) is 0 Å². The molecule has 1 aromatic carbocycles. The van der Waals surface area contributed by atoms with Gasteiger partial charge in [-0.3, -0.25) is 9.69 Å². The number of carbonyl (C=O) groups is 1. The first-order valence-electron chi connectivity index (χ1n) is 6.65. The van der Waals surface area contributed by atoms with Crippen LogP contribution >= 0.6 is 0 Å². The van der Waals surface area contributed by atoms with Crippen LogP contribution < -0.4 is 10.1 Å². The zero-order chi connectivity index (χ0) is 15.0. The molecule has 1 aromatic rings. The molecule has 1 unspecified atom stereocenters. The summed E-state index contributed by atoms with van der Waals surface area (Å²) in [5.41, 5.74) is 1.07. The minimum absolute atomic E-state index is 0.00746. The first-order chi connectivity index (χ1) is 9.56. The fourth-order valence-electron chi connectivity index (χ4n) is 2.04. The molecule has 1 N–H and O–H groups in total. The Morgan fingerprint density at radius 3 is 2.70 bits per heavy atom. The Morgan fingerprint density at radius 1 is 1.35 bits per heavy atom. The van der Waals surface area contributed by atoms with E-state index in [1.807, 2.05) is 43.1 Å². The fourth-order valence-corrected chi connectivity index (χ4v) is 2.04. The number of benzene rings is 1. The number of amides is 1. The van der Waals surface area contributed by atoms with E-state index < -0.39 is 0 Å². The van der Waals surface area contributed by atoms with E-state index in [-0.39, 0.29) is 11.9 Å². The van der Waals surface area contributed by atoms with Crippen LogP contribution in [0.15, 0.2) is 24.3 Å². The van der Waals surface area contributed by atoms with Gasteiger partial charge in [0.25, 0.3) is 0 Å². The highest BCUT2D eigenvalue weighted by atomic mass is 16.5. The van der Waals surface area contributed by atoms with E-state index in [1.54, 1.807) is 14.2 Å². The summed E-state index contributed by atoms with van der Waals surface area (Å²) < 4.78 is 10.3. The van der Waals surface area contributed by atoms with Crippen molar-refractivity contribution in [2.45, 2.75) is 19.5 Å². The van der Waals surface area contributed by atoms with Gasteiger partial charge in [0.1, 0.15) is 5.75 Å². The van der Waals surface area contributed by atoms with Crippen molar-refractivity contribution < 1.29 is 14.3 Å². The van der Waals surface area contributed by atoms with Crippen molar-refractivity contribution >= 4 is 5.91 Å². The number of carbonyl (C=O) groups excluding carboxylic acids is 1. The zero-order valence-corrected chi connectivity index (χ0v) is 12.7. The Bertz CT molecular complexity index is 423. The maximum absolute atomic E-state index is 11.8. The molecule has 0 aliphatic heterocycles. The second kappa shape index (κ2) is 8.55. The van der Waals surface area contributed by atoms with Gasteiger partial charge in [-0.15, -0.1) is 0 Å². The number of para-hydroxylation sites is 1. The number of rotatable bonds is 8. The van der Waals surface area contributed by atoms with Crippen molar-refractivity contribution in [3.8, 4) is 5.75 Å². The van der Waals surface area contributed by atoms with Crippen molar-refractivity contribution in [2.75, 3.05) is 34.4 Å². The molecule has 0 aliphatic carbocycles. The minimum atomic E-state index is -0.00746. The Balaban J connectivity index is 2.46. The number of ether oxygens (including phenoxy) is 2. The predicted molar refractivity (Wildman–Crippen MR) is 78.8 cm³/mol. The molecule has 1 amide bonds. The SMILES string of the molecule is COCC(C)NC(=O)CN(C)Cc1ccccc1OC. The molecule has 0 radical (unpaired) electrons. The van der Waals surface area contributed by atoms with Crippen LogP contribution in [0, 0.1) is 0 Å². The summed E-state index contributed by atoms with van der Waals surface area (Å²) in [4.78, 5) is 13.8. The summed E-state index contributed by atoms with van der Waals surface area (Å²) in [6.07, 6.45) is 0. The van der Waals surface area contributed by atoms with Gasteiger partial charge in [-0.2, -0.15) is 0 Å². The number of nitrogens with zero attached hydrogens (tertiary/aromatic N) is 1. The molecule has 0 saturated carbocycles. The van der Waals surface area contributed by atoms with Crippen molar-refractivity contribution in [3.63, 3.8) is 0 Å². The van der Waals surface area contributed by atoms with Crippen LogP contribution in [-0.2, 0) is 16.1 Å². The monoisotopic (exact) mass is 280 g/mol. The largest absolute Gasteiger partial charge is 0.496 e. The first kappa shape index (κ1) is 16.5. The second-order valence-electron chi connectivity index (χ2n) is 4.91. The van der Waals surface area contributed by atoms with Gasteiger partial charge < -0.3 is 14.8 Å². The number of nitrogens with one attached hydrogen (secondary N) is 1. The number of methoxy groups -OCH3 is 2. The van der Waals surface area contributed by atoms with Gasteiger partial charge in [-0.05, 0) is 20.0 Å². The quantitative estimate of drug-likeness (QED) is 0.779. The average molecular weight is 280 g/mol. The maximum Gasteiger partial charge on any atom is 0.234 e. The second-order valence-corrected chi connectivity index (χ2v) is 4.91. The lowest BCUT2D eigenvalue weighted by Gasteiger charge is -2.19. The fraction of sp³-hybridized carbons (Fsp3) is 0.533. The highest BCUT2D eigenvalue weighted by Crippen LogP contribution is 2.18. The van der Waals surface area contributed by atoms with Gasteiger partial charge in [-0.1, -0.05) is 18.2 Å². The van der Waals surface area contributed by atoms with Crippen LogP contribution in [0.1, 0.15) is 12.5 Å². The Morgan fingerprint density at radius 2 is 2.05 bits per heavy atom. The standard InChI is InChI=1S/C15H24N2O3/c1-12(11-19-3)16-15(18)10-17(2)9-13-7-5-6-8-14(13)20-4/h5-8,12H,9-11H2,1-4H3,(H,16,18). The Labute approximate surface area is 120 Å². The molecule has 0 aliphatic rings. The molecule has 1 atom stereocenters. The molecule has 112 valence electrons. The summed E-state index contributed by atoms with van der Waals surface area (Å²) >= 11 is 0. The van der Waals surface area contributed by atoms with Gasteiger partial charge in [0.2, 0.25) is 5.91 Å². The maximum atomic E-state index is 11.8. The molecule has 0 saturated heterocycles. The average Bonchev–Trinajstić information content (AvgIpc) is 2.39. The van der Waals surface area contributed by atoms with Gasteiger partial charge in [0.15, 0.2) is 0 Å². The van der Waals surface area contributed by atoms with Crippen LogP contribution in [0.3, 0.4) is 0 Å². The minimum Gasteiger partial charge on any atom is -0.496 e. The smallest absolute Gasteiger partial charge is 0.234 e. The predicted octanol–water partition coefficient (Wildman–Crippen LogP) is 1.28. The van der Waals surface area contributed by atoms with E-state index in [4.69, 9.17) is 9.47 Å². The van der Waals surface area contributed by atoms with E-state index in [0.29, 0.717) is 19.7 Å². The number of hydrogen-bond donors (Lipinski definition) is 1.